The van der Waals surface area contributed by atoms with Crippen LogP contribution in [0.25, 0.3) is 131 Å². The minimum atomic E-state index is -0.166. The first-order chi connectivity index (χ1) is 39.7. The standard InChI is InChI=1S/C38H30N2O.C38H30N2S/c2*1-37(2)29-16-7-5-12-24(29)27-14-11-15-28(34(27)38(37,3)4)36-35(39-30-17-8-9-18-31(30)40-36)23-20-21-26-25-13-6-10-19-32(25)41-33(26)22-23/h2*5-22H,1-4H3. The molecule has 0 aliphatic heterocycles. The second kappa shape index (κ2) is 18.2. The number of hydrogen-bond acceptors (Lipinski definition) is 6. The maximum atomic E-state index is 6.29. The number of nitrogens with zero attached hydrogens (tertiary/aromatic N) is 4. The number of para-hydroxylation sites is 5. The summed E-state index contributed by atoms with van der Waals surface area (Å²) in [6, 6.07) is 77.6. The Hall–Kier alpha value is -9.10. The smallest absolute Gasteiger partial charge is 0.136 e. The number of thiophene rings is 1. The van der Waals surface area contributed by atoms with Gasteiger partial charge in [-0.2, -0.15) is 0 Å². The van der Waals surface area contributed by atoms with Crippen molar-refractivity contribution in [2.24, 2.45) is 0 Å². The normalized spacial score (nSPS) is 15.2. The van der Waals surface area contributed by atoms with Gasteiger partial charge in [-0.05, 0) is 110 Å². The van der Waals surface area contributed by atoms with Crippen LogP contribution in [0, 0.1) is 0 Å². The number of benzene rings is 10. The van der Waals surface area contributed by atoms with Crippen molar-refractivity contribution in [1.29, 1.82) is 0 Å². The van der Waals surface area contributed by atoms with Crippen molar-refractivity contribution in [2.75, 3.05) is 0 Å². The van der Waals surface area contributed by atoms with E-state index >= 15 is 0 Å². The summed E-state index contributed by atoms with van der Waals surface area (Å²) in [6.45, 7) is 19.0. The molecule has 10 aromatic carbocycles. The molecule has 0 spiro atoms. The van der Waals surface area contributed by atoms with E-state index in [-0.39, 0.29) is 21.7 Å². The lowest BCUT2D eigenvalue weighted by Gasteiger charge is -2.49. The second-order valence-electron chi connectivity index (χ2n) is 24.5. The molecule has 396 valence electrons. The molecule has 14 aromatic rings. The van der Waals surface area contributed by atoms with Crippen LogP contribution < -0.4 is 0 Å². The van der Waals surface area contributed by atoms with Crippen molar-refractivity contribution in [1.82, 2.24) is 19.9 Å². The molecule has 2 aliphatic carbocycles. The molecule has 0 unspecified atom stereocenters. The third kappa shape index (κ3) is 7.36. The lowest BCUT2D eigenvalue weighted by Crippen LogP contribution is -2.44. The lowest BCUT2D eigenvalue weighted by molar-refractivity contribution is 0.300. The van der Waals surface area contributed by atoms with Crippen molar-refractivity contribution in [3.05, 3.63) is 241 Å². The van der Waals surface area contributed by atoms with E-state index in [9.17, 15) is 0 Å². The van der Waals surface area contributed by atoms with E-state index in [1.807, 2.05) is 53.8 Å². The summed E-state index contributed by atoms with van der Waals surface area (Å²) in [5, 5.41) is 4.83. The minimum absolute atomic E-state index is 0.0763. The van der Waals surface area contributed by atoms with Gasteiger partial charge in [0.25, 0.3) is 0 Å². The van der Waals surface area contributed by atoms with Crippen LogP contribution in [0.4, 0.5) is 0 Å². The molecule has 5 nitrogen and oxygen atoms in total. The zero-order valence-corrected chi connectivity index (χ0v) is 48.2. The first kappa shape index (κ1) is 49.9. The summed E-state index contributed by atoms with van der Waals surface area (Å²) >= 11 is 1.84. The third-order valence-corrected chi connectivity index (χ3v) is 20.4. The van der Waals surface area contributed by atoms with Gasteiger partial charge >= 0.3 is 0 Å². The fraction of sp³-hybridized carbons (Fsp3) is 0.158. The predicted octanol–water partition coefficient (Wildman–Crippen LogP) is 20.7. The molecule has 0 atom stereocenters. The molecule has 0 fully saturated rings. The number of rotatable bonds is 4. The number of aromatic nitrogens is 4. The number of furan rings is 1. The number of fused-ring (bicyclic) bond motifs is 14. The van der Waals surface area contributed by atoms with Crippen LogP contribution in [0.3, 0.4) is 0 Å². The highest BCUT2D eigenvalue weighted by atomic mass is 32.1. The highest BCUT2D eigenvalue weighted by Gasteiger charge is 2.49. The first-order valence-corrected chi connectivity index (χ1v) is 29.4. The Morgan fingerprint density at radius 1 is 0.293 bits per heavy atom. The van der Waals surface area contributed by atoms with Crippen LogP contribution >= 0.6 is 11.3 Å². The summed E-state index contributed by atoms with van der Waals surface area (Å²) in [4.78, 5) is 21.2. The molecule has 0 bridgehead atoms. The van der Waals surface area contributed by atoms with E-state index in [0.717, 1.165) is 83.5 Å². The molecule has 82 heavy (non-hydrogen) atoms. The van der Waals surface area contributed by atoms with Crippen LogP contribution in [0.5, 0.6) is 0 Å². The van der Waals surface area contributed by atoms with Gasteiger partial charge in [-0.25, -0.2) is 19.9 Å². The van der Waals surface area contributed by atoms with Gasteiger partial charge in [-0.15, -0.1) is 11.3 Å². The zero-order chi connectivity index (χ0) is 55.9. The molecular formula is C76H60N4OS. The summed E-state index contributed by atoms with van der Waals surface area (Å²) < 4.78 is 8.87. The summed E-state index contributed by atoms with van der Waals surface area (Å²) in [6.07, 6.45) is 0. The molecule has 0 amide bonds. The van der Waals surface area contributed by atoms with E-state index in [4.69, 9.17) is 24.4 Å². The lowest BCUT2D eigenvalue weighted by atomic mass is 9.54. The average Bonchev–Trinajstić information content (AvgIpc) is 1.47. The molecule has 16 rings (SSSR count). The zero-order valence-electron chi connectivity index (χ0n) is 47.4. The fourth-order valence-corrected chi connectivity index (χ4v) is 14.8. The first-order valence-electron chi connectivity index (χ1n) is 28.5. The summed E-state index contributed by atoms with van der Waals surface area (Å²) in [7, 11) is 0. The van der Waals surface area contributed by atoms with E-state index in [1.165, 1.54) is 70.2 Å². The van der Waals surface area contributed by atoms with Gasteiger partial charge < -0.3 is 4.42 Å². The van der Waals surface area contributed by atoms with Crippen molar-refractivity contribution in [3.8, 4) is 67.3 Å². The highest BCUT2D eigenvalue weighted by Crippen LogP contribution is 2.58. The largest absolute Gasteiger partial charge is 0.456 e. The van der Waals surface area contributed by atoms with Crippen LogP contribution in [0.1, 0.15) is 77.6 Å². The van der Waals surface area contributed by atoms with E-state index in [0.29, 0.717) is 0 Å². The van der Waals surface area contributed by atoms with Gasteiger partial charge in [0.2, 0.25) is 0 Å². The Morgan fingerprint density at radius 3 is 1.23 bits per heavy atom. The topological polar surface area (TPSA) is 64.7 Å². The Balaban J connectivity index is 0.000000140. The maximum absolute atomic E-state index is 6.29. The molecule has 0 N–H and O–H groups in total. The monoisotopic (exact) mass is 1080 g/mol. The molecule has 6 heteroatoms. The minimum Gasteiger partial charge on any atom is -0.456 e. The van der Waals surface area contributed by atoms with Gasteiger partial charge in [-0.1, -0.05) is 219 Å². The van der Waals surface area contributed by atoms with Gasteiger partial charge in [0.1, 0.15) is 11.2 Å². The number of hydrogen-bond donors (Lipinski definition) is 0. The Morgan fingerprint density at radius 2 is 0.683 bits per heavy atom. The van der Waals surface area contributed by atoms with Gasteiger partial charge in [-0.3, -0.25) is 0 Å². The quantitative estimate of drug-likeness (QED) is 0.176. The average molecular weight is 1080 g/mol. The van der Waals surface area contributed by atoms with Crippen molar-refractivity contribution in [2.45, 2.75) is 77.0 Å². The molecule has 4 aromatic heterocycles. The van der Waals surface area contributed by atoms with Gasteiger partial charge in [0, 0.05) is 64.0 Å². The third-order valence-electron chi connectivity index (χ3n) is 19.2. The highest BCUT2D eigenvalue weighted by molar-refractivity contribution is 7.25. The SMILES string of the molecule is CC1(C)c2ccccc2-c2cccc(-c3nc4ccccc4nc3-c3ccc4c(c3)oc3ccccc34)c2C1(C)C.CC1(C)c2ccccc2-c2cccc(-c3nc4ccccc4nc3-c3ccc4c(c3)sc3ccccc34)c2C1(C)C. The van der Waals surface area contributed by atoms with Crippen LogP contribution in [0.2, 0.25) is 0 Å². The molecule has 2 aliphatic rings. The van der Waals surface area contributed by atoms with Crippen molar-refractivity contribution in [3.63, 3.8) is 0 Å². The Bertz CT molecular complexity index is 4650. The van der Waals surface area contributed by atoms with Crippen LogP contribution in [0.15, 0.2) is 223 Å². The fourth-order valence-electron chi connectivity index (χ4n) is 13.6. The Kier molecular flexibility index (Phi) is 11.1. The summed E-state index contributed by atoms with van der Waals surface area (Å²) in [5.41, 5.74) is 23.5. The van der Waals surface area contributed by atoms with E-state index in [2.05, 4.69) is 231 Å². The maximum Gasteiger partial charge on any atom is 0.136 e. The van der Waals surface area contributed by atoms with Crippen LogP contribution in [-0.4, -0.2) is 19.9 Å². The predicted molar refractivity (Wildman–Crippen MR) is 344 cm³/mol. The van der Waals surface area contributed by atoms with Gasteiger partial charge in [0.15, 0.2) is 0 Å². The van der Waals surface area contributed by atoms with Crippen LogP contribution in [-0.2, 0) is 21.7 Å². The molecule has 4 heterocycles. The van der Waals surface area contributed by atoms with Gasteiger partial charge in [0.05, 0.1) is 44.8 Å². The second-order valence-corrected chi connectivity index (χ2v) is 25.6. The molecule has 0 radical (unpaired) electrons. The van der Waals surface area contributed by atoms with E-state index < -0.39 is 0 Å². The van der Waals surface area contributed by atoms with Crippen molar-refractivity contribution >= 4 is 75.5 Å². The molecular weight excluding hydrogens is 1020 g/mol. The molecule has 0 saturated carbocycles. The van der Waals surface area contributed by atoms with E-state index in [1.54, 1.807) is 0 Å². The Labute approximate surface area is 482 Å². The molecule has 0 saturated heterocycles. The summed E-state index contributed by atoms with van der Waals surface area (Å²) in [5.74, 6) is 0. The van der Waals surface area contributed by atoms with Crippen molar-refractivity contribution < 1.29 is 4.42 Å².